The number of anilines is 2. The molecule has 496 valence electrons. The standard InChI is InChI=1S/C55H74N12O20P2S2/c1-32(2)44(62-42(68)29-80-22-21-79-20-19-78-18-17-77-16-14-56)51(72)60-33(3)49(70)61-37-11-9-34(10-12-37)26-81-55(74)66(4)25-35-7-5-6-8-39(35)50(71)64-54-63-48-45(52(73)65-54)59-31-67(48)53-47-46(69)41(85-53)28-83-88(75,90)86-40-24-38(84-43-13-15-57-30-58-43)23-36(40)27-82-89(76,91)87-47/h5-13,15,30-33,36,38,40-41,44,46-47,53,69H,14,16-29,56H2,1-4H3,(H,60,72)(H,61,70)(H,62,68)(H,75,90)(H,76,91)(H2,63,64,65,71,73)/t33-,36+,38+,40-,41-,44-,46+,47+,53+,88+,89+/m0/s1. The SMILES string of the molecule is CC(C)[C@H](NC(=O)COCCOCCOCCOCCN)C(=O)N[C@@H](C)C(=O)Nc1ccc(COC(=O)N(C)Cc2ccccc2C(=O)Nc2nc3c(ncn3[C@@H]3O[C@H]4CO[P@@](=O)(S)O[C@H]5C[C@H](Oc6ccncn6)C[C@@H]5CO[P@@](=O)(S)O[C@@H]3[C@@H]4O)c(=O)[nH]2)cc1. The van der Waals surface area contributed by atoms with Crippen molar-refractivity contribution >= 4 is 90.6 Å². The number of hydrogen-bond acceptors (Lipinski definition) is 25. The van der Waals surface area contributed by atoms with E-state index in [1.807, 2.05) is 0 Å². The normalized spacial score (nSPS) is 24.0. The predicted molar refractivity (Wildman–Crippen MR) is 330 cm³/mol. The minimum absolute atomic E-state index is 0.0927. The molecule has 2 aromatic carbocycles. The first-order valence-corrected chi connectivity index (χ1v) is 34.3. The molecule has 2 bridgehead atoms. The van der Waals surface area contributed by atoms with E-state index < -0.39 is 110 Å². The topological polar surface area (TPSA) is 408 Å². The quantitative estimate of drug-likeness (QED) is 0.0196. The van der Waals surface area contributed by atoms with Gasteiger partial charge in [-0.25, -0.2) is 28.9 Å². The molecule has 3 aliphatic rings. The smallest absolute Gasteiger partial charge is 0.410 e. The summed E-state index contributed by atoms with van der Waals surface area (Å²) in [7, 11) is 1.46. The van der Waals surface area contributed by atoms with E-state index in [1.54, 1.807) is 62.4 Å². The number of nitrogens with two attached hydrogens (primary N) is 1. The fraction of sp³-hybridized carbons (Fsp3) is 0.527. The van der Waals surface area contributed by atoms with Crippen LogP contribution in [0.15, 0.2) is 78.2 Å². The van der Waals surface area contributed by atoms with Crippen molar-refractivity contribution in [1.29, 1.82) is 0 Å². The number of benzene rings is 2. The molecular weight excluding hydrogens is 1270 g/mol. The Bertz CT molecular complexity index is 3430. The number of imidazole rings is 1. The van der Waals surface area contributed by atoms with Crippen molar-refractivity contribution in [2.24, 2.45) is 17.6 Å². The van der Waals surface area contributed by atoms with Crippen molar-refractivity contribution in [1.82, 2.24) is 45.0 Å². The molecule has 5 amide bonds. The number of nitrogens with one attached hydrogen (secondary N) is 5. The molecule has 0 unspecified atom stereocenters. The van der Waals surface area contributed by atoms with Gasteiger partial charge in [-0.1, -0.05) is 68.7 Å². The largest absolute Gasteiger partial charge is 0.474 e. The minimum atomic E-state index is -4.38. The molecule has 5 aromatic rings. The summed E-state index contributed by atoms with van der Waals surface area (Å²) in [6, 6.07) is 12.4. The van der Waals surface area contributed by atoms with E-state index >= 15 is 0 Å². The highest BCUT2D eigenvalue weighted by atomic mass is 32.7. The van der Waals surface area contributed by atoms with Crippen LogP contribution < -0.4 is 37.3 Å². The number of carbonyl (C=O) groups excluding carboxylic acids is 5. The molecule has 3 fully saturated rings. The Morgan fingerprint density at radius 2 is 1.54 bits per heavy atom. The first kappa shape index (κ1) is 70.4. The number of thiol groups is 2. The van der Waals surface area contributed by atoms with Gasteiger partial charge in [0.25, 0.3) is 11.5 Å². The molecule has 5 heterocycles. The second-order valence-electron chi connectivity index (χ2n) is 21.5. The van der Waals surface area contributed by atoms with Crippen LogP contribution in [0.25, 0.3) is 11.2 Å². The second kappa shape index (κ2) is 33.4. The van der Waals surface area contributed by atoms with Crippen LogP contribution in [0.1, 0.15) is 61.3 Å². The van der Waals surface area contributed by atoms with Crippen LogP contribution in [-0.4, -0.2) is 191 Å². The van der Waals surface area contributed by atoms with Crippen molar-refractivity contribution in [3.63, 3.8) is 0 Å². The highest BCUT2D eigenvalue weighted by Crippen LogP contribution is 2.60. The van der Waals surface area contributed by atoms with Gasteiger partial charge in [-0.05, 0) is 48.6 Å². The minimum Gasteiger partial charge on any atom is -0.474 e. The lowest BCUT2D eigenvalue weighted by atomic mass is 10.0. The highest BCUT2D eigenvalue weighted by Gasteiger charge is 2.51. The van der Waals surface area contributed by atoms with E-state index in [-0.39, 0.29) is 86.9 Å². The number of hydrogen-bond donors (Lipinski definition) is 9. The molecule has 1 aliphatic carbocycles. The van der Waals surface area contributed by atoms with Crippen molar-refractivity contribution in [2.75, 3.05) is 90.3 Å². The lowest BCUT2D eigenvalue weighted by Gasteiger charge is -2.26. The molecule has 3 aromatic heterocycles. The fourth-order valence-corrected chi connectivity index (χ4v) is 12.7. The molecule has 91 heavy (non-hydrogen) atoms. The fourth-order valence-electron chi connectivity index (χ4n) is 9.66. The zero-order valence-corrected chi connectivity index (χ0v) is 53.6. The van der Waals surface area contributed by atoms with Gasteiger partial charge < -0.3 is 69.4 Å². The van der Waals surface area contributed by atoms with E-state index in [1.165, 1.54) is 42.0 Å². The van der Waals surface area contributed by atoms with E-state index in [2.05, 4.69) is 70.7 Å². The summed E-state index contributed by atoms with van der Waals surface area (Å²) in [4.78, 5) is 100. The van der Waals surface area contributed by atoms with Gasteiger partial charge in [0.05, 0.1) is 71.9 Å². The summed E-state index contributed by atoms with van der Waals surface area (Å²) in [6.07, 6.45) is -3.61. The summed E-state index contributed by atoms with van der Waals surface area (Å²) in [5.41, 5.74) is 5.58. The highest BCUT2D eigenvalue weighted by molar-refractivity contribution is 8.44. The van der Waals surface area contributed by atoms with E-state index in [0.29, 0.717) is 56.4 Å². The van der Waals surface area contributed by atoms with E-state index in [0.717, 1.165) is 6.33 Å². The number of aromatic amines is 1. The van der Waals surface area contributed by atoms with Crippen molar-refractivity contribution in [3.8, 4) is 5.88 Å². The molecule has 8 N–H and O–H groups in total. The second-order valence-corrected chi connectivity index (χ2v) is 27.2. The van der Waals surface area contributed by atoms with E-state index in [9.17, 15) is 43.0 Å². The Morgan fingerprint density at radius 1 is 0.846 bits per heavy atom. The number of nitrogens with zero attached hydrogens (tertiary/aromatic N) is 6. The lowest BCUT2D eigenvalue weighted by molar-refractivity contribution is -0.133. The van der Waals surface area contributed by atoms with Crippen LogP contribution in [0, 0.1) is 11.8 Å². The predicted octanol–water partition coefficient (Wildman–Crippen LogP) is 3.55. The maximum Gasteiger partial charge on any atom is 0.410 e. The third-order valence-electron chi connectivity index (χ3n) is 14.3. The Kier molecular flexibility index (Phi) is 25.8. The van der Waals surface area contributed by atoms with Gasteiger partial charge in [0.2, 0.25) is 29.5 Å². The molecular formula is C55H74N12O20P2S2. The Morgan fingerprint density at radius 3 is 2.24 bits per heavy atom. The first-order chi connectivity index (χ1) is 43.6. The maximum atomic E-state index is 14.0. The molecule has 11 atom stereocenters. The van der Waals surface area contributed by atoms with Gasteiger partial charge in [-0.15, -0.1) is 0 Å². The van der Waals surface area contributed by atoms with Gasteiger partial charge in [-0.3, -0.25) is 52.4 Å². The molecule has 2 aliphatic heterocycles. The van der Waals surface area contributed by atoms with Gasteiger partial charge in [0.1, 0.15) is 56.0 Å². The number of carbonyl (C=O) groups is 5. The first-order valence-electron chi connectivity index (χ1n) is 28.9. The monoisotopic (exact) mass is 1350 g/mol. The van der Waals surface area contributed by atoms with Crippen molar-refractivity contribution < 1.29 is 89.5 Å². The molecule has 2 saturated heterocycles. The van der Waals surface area contributed by atoms with E-state index in [4.69, 9.17) is 57.0 Å². The number of H-pyrrole nitrogens is 1. The molecule has 0 spiro atoms. The van der Waals surface area contributed by atoms with Crippen LogP contribution in [0.5, 0.6) is 5.88 Å². The number of aliphatic hydroxyl groups excluding tert-OH is 1. The number of fused-ring (bicyclic) bond motifs is 4. The third-order valence-corrected chi connectivity index (χ3v) is 17.5. The average Bonchev–Trinajstić information content (AvgIpc) is 1.64. The molecule has 36 heteroatoms. The third kappa shape index (κ3) is 20.5. The average molecular weight is 1350 g/mol. The van der Waals surface area contributed by atoms with Gasteiger partial charge in [-0.2, -0.15) is 4.98 Å². The number of aromatic nitrogens is 6. The van der Waals surface area contributed by atoms with Crippen molar-refractivity contribution in [3.05, 3.63) is 100 Å². The number of rotatable bonds is 28. The van der Waals surface area contributed by atoms with Crippen LogP contribution in [0.3, 0.4) is 0 Å². The van der Waals surface area contributed by atoms with Crippen molar-refractivity contribution in [2.45, 2.75) is 95.6 Å². The molecule has 1 saturated carbocycles. The number of aliphatic hydroxyl groups is 1. The van der Waals surface area contributed by atoms with Crippen LogP contribution >= 0.6 is 38.1 Å². The maximum absolute atomic E-state index is 14.0. The number of ether oxygens (including phenoxy) is 7. The van der Waals surface area contributed by atoms with Crippen LogP contribution in [0.4, 0.5) is 16.4 Å². The summed E-state index contributed by atoms with van der Waals surface area (Å²) in [5.74, 6) is -3.32. The summed E-state index contributed by atoms with van der Waals surface area (Å²) >= 11 is 8.43. The van der Waals surface area contributed by atoms with Gasteiger partial charge in [0, 0.05) is 56.0 Å². The van der Waals surface area contributed by atoms with Gasteiger partial charge >= 0.3 is 19.7 Å². The molecule has 32 nitrogen and oxygen atoms in total. The summed E-state index contributed by atoms with van der Waals surface area (Å²) < 4.78 is 91.1. The zero-order valence-electron chi connectivity index (χ0n) is 50.1. The Balaban J connectivity index is 0.810. The molecule has 0 radical (unpaired) electrons. The Labute approximate surface area is 532 Å². The van der Waals surface area contributed by atoms with Crippen LogP contribution in [-0.2, 0) is 83.2 Å². The lowest BCUT2D eigenvalue weighted by Crippen LogP contribution is -2.54. The summed E-state index contributed by atoms with van der Waals surface area (Å²) in [5, 5.41) is 22.2. The van der Waals surface area contributed by atoms with Gasteiger partial charge in [0.15, 0.2) is 17.4 Å². The molecule has 8 rings (SSSR count). The number of amides is 5. The van der Waals surface area contributed by atoms with Crippen LogP contribution in [0.2, 0.25) is 0 Å². The summed E-state index contributed by atoms with van der Waals surface area (Å²) in [6.45, 7) is -2.17. The zero-order chi connectivity index (χ0) is 65.2. The Hall–Kier alpha value is -6.46.